The van der Waals surface area contributed by atoms with Gasteiger partial charge >= 0.3 is 0 Å². The number of rotatable bonds is 6. The van der Waals surface area contributed by atoms with Crippen molar-refractivity contribution in [3.05, 3.63) is 66.0 Å². The van der Waals surface area contributed by atoms with Gasteiger partial charge in [-0.05, 0) is 36.5 Å². The molecule has 0 bridgehead atoms. The second-order valence-corrected chi connectivity index (χ2v) is 8.79. The molecule has 3 amide bonds. The van der Waals surface area contributed by atoms with Crippen LogP contribution in [-0.4, -0.2) is 52.1 Å². The van der Waals surface area contributed by atoms with Crippen LogP contribution in [0.15, 0.2) is 54.7 Å². The molecule has 0 spiro atoms. The summed E-state index contributed by atoms with van der Waals surface area (Å²) < 4.78 is 0. The Hall–Kier alpha value is -3.02. The van der Waals surface area contributed by atoms with E-state index in [1.165, 1.54) is 4.90 Å². The molecule has 1 aromatic carbocycles. The van der Waals surface area contributed by atoms with Crippen molar-refractivity contribution in [2.75, 3.05) is 19.6 Å². The van der Waals surface area contributed by atoms with Crippen molar-refractivity contribution in [2.24, 2.45) is 5.92 Å². The number of aromatic nitrogens is 1. The van der Waals surface area contributed by atoms with Crippen LogP contribution in [0.2, 0.25) is 0 Å². The van der Waals surface area contributed by atoms with E-state index in [1.54, 1.807) is 6.20 Å². The number of pyridine rings is 1. The van der Waals surface area contributed by atoms with E-state index < -0.39 is 5.41 Å². The number of hydrogen-bond donors (Lipinski definition) is 0. The van der Waals surface area contributed by atoms with Crippen LogP contribution in [0.25, 0.3) is 0 Å². The minimum atomic E-state index is -1.12. The first-order valence-electron chi connectivity index (χ1n) is 11.1. The lowest BCUT2D eigenvalue weighted by atomic mass is 9.75. The SMILES string of the molecule is CC1CCN(C(=O)CC2(c3ccccc3)CC(=O)N(CCc3ccccn3)C2=O)CC1. The van der Waals surface area contributed by atoms with E-state index in [1.807, 2.05) is 53.4 Å². The van der Waals surface area contributed by atoms with Gasteiger partial charge in [0.05, 0.1) is 5.41 Å². The first kappa shape index (κ1) is 21.2. The molecule has 2 aliphatic rings. The van der Waals surface area contributed by atoms with Gasteiger partial charge in [0.2, 0.25) is 17.7 Å². The molecule has 1 aromatic heterocycles. The third kappa shape index (κ3) is 4.38. The Balaban J connectivity index is 1.57. The van der Waals surface area contributed by atoms with Gasteiger partial charge in [0.15, 0.2) is 0 Å². The van der Waals surface area contributed by atoms with Crippen molar-refractivity contribution in [2.45, 2.75) is 44.4 Å². The van der Waals surface area contributed by atoms with Gasteiger partial charge in [0.25, 0.3) is 0 Å². The zero-order chi connectivity index (χ0) is 21.8. The quantitative estimate of drug-likeness (QED) is 0.675. The Morgan fingerprint density at radius 3 is 2.45 bits per heavy atom. The lowest BCUT2D eigenvalue weighted by Gasteiger charge is -2.34. The van der Waals surface area contributed by atoms with Gasteiger partial charge in [-0.2, -0.15) is 0 Å². The fourth-order valence-electron chi connectivity index (χ4n) is 4.65. The minimum absolute atomic E-state index is 0.0358. The van der Waals surface area contributed by atoms with Crippen LogP contribution in [0.1, 0.15) is 43.9 Å². The molecular weight excluding hydrogens is 390 g/mol. The number of carbonyl (C=O) groups is 3. The number of amides is 3. The summed E-state index contributed by atoms with van der Waals surface area (Å²) in [5.74, 6) is 0.0931. The number of benzene rings is 1. The van der Waals surface area contributed by atoms with Crippen molar-refractivity contribution in [1.29, 1.82) is 0 Å². The first-order valence-corrected chi connectivity index (χ1v) is 11.1. The van der Waals surface area contributed by atoms with E-state index in [0.29, 0.717) is 12.3 Å². The van der Waals surface area contributed by atoms with E-state index in [9.17, 15) is 14.4 Å². The lowest BCUT2D eigenvalue weighted by molar-refractivity contribution is -0.143. The number of piperidine rings is 1. The first-order chi connectivity index (χ1) is 15.0. The lowest BCUT2D eigenvalue weighted by Crippen LogP contribution is -2.45. The monoisotopic (exact) mass is 419 g/mol. The summed E-state index contributed by atoms with van der Waals surface area (Å²) in [5, 5.41) is 0. The molecule has 2 aromatic rings. The van der Waals surface area contributed by atoms with Gasteiger partial charge in [0, 0.05) is 50.8 Å². The number of carbonyl (C=O) groups excluding carboxylic acids is 3. The molecule has 0 aliphatic carbocycles. The van der Waals surface area contributed by atoms with Gasteiger partial charge < -0.3 is 4.90 Å². The zero-order valence-corrected chi connectivity index (χ0v) is 18.0. The van der Waals surface area contributed by atoms with Gasteiger partial charge in [-0.1, -0.05) is 43.3 Å². The summed E-state index contributed by atoms with van der Waals surface area (Å²) in [4.78, 5) is 47.3. The third-order valence-corrected chi connectivity index (χ3v) is 6.64. The highest BCUT2D eigenvalue weighted by molar-refractivity contribution is 6.10. The molecule has 6 heteroatoms. The highest BCUT2D eigenvalue weighted by Gasteiger charge is 2.53. The van der Waals surface area contributed by atoms with Crippen molar-refractivity contribution in [1.82, 2.24) is 14.8 Å². The Kier molecular flexibility index (Phi) is 6.16. The fourth-order valence-corrected chi connectivity index (χ4v) is 4.65. The summed E-state index contributed by atoms with van der Waals surface area (Å²) in [6.45, 7) is 3.91. The molecule has 162 valence electrons. The molecule has 6 nitrogen and oxygen atoms in total. The maximum Gasteiger partial charge on any atom is 0.240 e. The van der Waals surface area contributed by atoms with E-state index in [4.69, 9.17) is 0 Å². The average molecular weight is 420 g/mol. The molecule has 0 N–H and O–H groups in total. The van der Waals surface area contributed by atoms with Gasteiger partial charge in [-0.15, -0.1) is 0 Å². The number of hydrogen-bond acceptors (Lipinski definition) is 4. The normalized spacial score (nSPS) is 22.2. The standard InChI is InChI=1S/C25H29N3O3/c1-19-10-14-27(15-11-19)22(29)17-25(20-7-3-2-4-8-20)18-23(30)28(24(25)31)16-12-21-9-5-6-13-26-21/h2-9,13,19H,10-12,14-18H2,1H3. The maximum atomic E-state index is 13.6. The van der Waals surface area contributed by atoms with Gasteiger partial charge in [-0.25, -0.2) is 0 Å². The minimum Gasteiger partial charge on any atom is -0.343 e. The molecule has 1 unspecified atom stereocenters. The second-order valence-electron chi connectivity index (χ2n) is 8.79. The molecule has 4 rings (SSSR count). The Bertz CT molecular complexity index is 939. The molecule has 0 radical (unpaired) electrons. The molecule has 2 saturated heterocycles. The number of likely N-dealkylation sites (tertiary alicyclic amines) is 2. The Morgan fingerprint density at radius 1 is 1.06 bits per heavy atom. The topological polar surface area (TPSA) is 70.6 Å². The molecule has 0 saturated carbocycles. The van der Waals surface area contributed by atoms with Crippen molar-refractivity contribution < 1.29 is 14.4 Å². The summed E-state index contributed by atoms with van der Waals surface area (Å²) in [6.07, 6.45) is 4.24. The molecular formula is C25H29N3O3. The predicted octanol–water partition coefficient (Wildman–Crippen LogP) is 2.97. The smallest absolute Gasteiger partial charge is 0.240 e. The summed E-state index contributed by atoms with van der Waals surface area (Å²) in [6, 6.07) is 14.9. The highest BCUT2D eigenvalue weighted by Crippen LogP contribution is 2.40. The van der Waals surface area contributed by atoms with E-state index in [2.05, 4.69) is 11.9 Å². The van der Waals surface area contributed by atoms with Crippen LogP contribution < -0.4 is 0 Å². The third-order valence-electron chi connectivity index (χ3n) is 6.64. The summed E-state index contributed by atoms with van der Waals surface area (Å²) >= 11 is 0. The summed E-state index contributed by atoms with van der Waals surface area (Å²) in [7, 11) is 0. The molecule has 31 heavy (non-hydrogen) atoms. The van der Waals surface area contributed by atoms with Gasteiger partial charge in [0.1, 0.15) is 0 Å². The van der Waals surface area contributed by atoms with Crippen LogP contribution >= 0.6 is 0 Å². The molecule has 1 atom stereocenters. The van der Waals surface area contributed by atoms with Crippen LogP contribution in [0.5, 0.6) is 0 Å². The van der Waals surface area contributed by atoms with Gasteiger partial charge in [-0.3, -0.25) is 24.3 Å². The van der Waals surface area contributed by atoms with Crippen LogP contribution in [0, 0.1) is 5.92 Å². The number of nitrogens with zero attached hydrogens (tertiary/aromatic N) is 3. The second kappa shape index (κ2) is 9.00. The van der Waals surface area contributed by atoms with Crippen LogP contribution in [0.4, 0.5) is 0 Å². The van der Waals surface area contributed by atoms with Crippen LogP contribution in [-0.2, 0) is 26.2 Å². The maximum absolute atomic E-state index is 13.6. The van der Waals surface area contributed by atoms with E-state index in [-0.39, 0.29) is 37.1 Å². The van der Waals surface area contributed by atoms with Crippen LogP contribution in [0.3, 0.4) is 0 Å². The summed E-state index contributed by atoms with van der Waals surface area (Å²) in [5.41, 5.74) is 0.453. The number of imide groups is 1. The van der Waals surface area contributed by atoms with Crippen molar-refractivity contribution >= 4 is 17.7 Å². The average Bonchev–Trinajstić information content (AvgIpc) is 3.04. The van der Waals surface area contributed by atoms with E-state index in [0.717, 1.165) is 37.2 Å². The highest BCUT2D eigenvalue weighted by atomic mass is 16.2. The zero-order valence-electron chi connectivity index (χ0n) is 18.0. The fraction of sp³-hybridized carbons (Fsp3) is 0.440. The molecule has 2 fully saturated rings. The largest absolute Gasteiger partial charge is 0.343 e. The van der Waals surface area contributed by atoms with Crippen molar-refractivity contribution in [3.63, 3.8) is 0 Å². The molecule has 3 heterocycles. The predicted molar refractivity (Wildman–Crippen MR) is 117 cm³/mol. The molecule has 2 aliphatic heterocycles. The van der Waals surface area contributed by atoms with Crippen molar-refractivity contribution in [3.8, 4) is 0 Å². The van der Waals surface area contributed by atoms with E-state index >= 15 is 0 Å². The Labute approximate surface area is 183 Å². The Morgan fingerprint density at radius 2 is 1.77 bits per heavy atom.